The van der Waals surface area contributed by atoms with Crippen LogP contribution in [0.1, 0.15) is 13.2 Å². The second-order valence-corrected chi connectivity index (χ2v) is 4.56. The highest BCUT2D eigenvalue weighted by molar-refractivity contribution is 5.23. The Morgan fingerprint density at radius 1 is 1.63 bits per heavy atom. The number of nitrogens with two attached hydrogens (primary N) is 1. The van der Waals surface area contributed by atoms with Crippen LogP contribution in [0.3, 0.4) is 0 Å². The molecule has 1 aromatic rings. The zero-order chi connectivity index (χ0) is 14.4. The summed E-state index contributed by atoms with van der Waals surface area (Å²) in [5.74, 6) is -3.87. The average molecular weight is 277 g/mol. The van der Waals surface area contributed by atoms with Crippen LogP contribution in [0.2, 0.25) is 0 Å². The van der Waals surface area contributed by atoms with E-state index < -0.39 is 36.2 Å². The number of alkyl halides is 2. The van der Waals surface area contributed by atoms with Gasteiger partial charge in [-0.2, -0.15) is 13.8 Å². The normalized spacial score (nSPS) is 33.5. The minimum Gasteiger partial charge on any atom is -0.393 e. The molecule has 0 amide bonds. The van der Waals surface area contributed by atoms with Crippen LogP contribution in [0.5, 0.6) is 0 Å². The molecule has 0 aliphatic carbocycles. The van der Waals surface area contributed by atoms with Gasteiger partial charge in [0.25, 0.3) is 0 Å². The summed E-state index contributed by atoms with van der Waals surface area (Å²) in [5.41, 5.74) is 2.36. The van der Waals surface area contributed by atoms with E-state index in [-0.39, 0.29) is 5.82 Å². The van der Waals surface area contributed by atoms with Crippen molar-refractivity contribution in [3.8, 4) is 0 Å². The van der Waals surface area contributed by atoms with E-state index >= 15 is 0 Å². The van der Waals surface area contributed by atoms with Gasteiger partial charge in [0.15, 0.2) is 6.10 Å². The number of anilines is 1. The van der Waals surface area contributed by atoms with Gasteiger partial charge in [0.2, 0.25) is 6.23 Å². The molecule has 0 aromatic carbocycles. The van der Waals surface area contributed by atoms with Crippen molar-refractivity contribution in [2.75, 3.05) is 12.3 Å². The van der Waals surface area contributed by atoms with Gasteiger partial charge in [-0.3, -0.25) is 4.57 Å². The molecule has 0 saturated carbocycles. The van der Waals surface area contributed by atoms with E-state index in [4.69, 9.17) is 15.6 Å². The molecule has 1 aliphatic heterocycles. The summed E-state index contributed by atoms with van der Waals surface area (Å²) in [5, 5.41) is 18.6. The molecule has 2 rings (SSSR count). The first kappa shape index (κ1) is 13.8. The fraction of sp³-hybridized carbons (Fsp3) is 0.600. The van der Waals surface area contributed by atoms with Gasteiger partial charge in [-0.15, -0.1) is 0 Å². The van der Waals surface area contributed by atoms with Crippen LogP contribution in [0, 0.1) is 0 Å². The van der Waals surface area contributed by atoms with Gasteiger partial charge in [-0.1, -0.05) is 0 Å². The van der Waals surface area contributed by atoms with E-state index in [0.717, 1.165) is 19.2 Å². The maximum Gasteiger partial charge on any atom is 0.351 e. The van der Waals surface area contributed by atoms with Crippen molar-refractivity contribution in [2.45, 2.75) is 30.8 Å². The van der Waals surface area contributed by atoms with Crippen LogP contribution < -0.4 is 11.4 Å². The highest BCUT2D eigenvalue weighted by Crippen LogP contribution is 2.47. The smallest absolute Gasteiger partial charge is 0.351 e. The van der Waals surface area contributed by atoms with Gasteiger partial charge in [-0.05, 0) is 13.0 Å². The van der Waals surface area contributed by atoms with E-state index in [1.165, 1.54) is 0 Å². The van der Waals surface area contributed by atoms with Crippen molar-refractivity contribution in [1.29, 1.82) is 0 Å². The number of rotatable bonds is 2. The van der Waals surface area contributed by atoms with Crippen molar-refractivity contribution in [1.82, 2.24) is 9.55 Å². The molecule has 9 heteroatoms. The molecule has 0 radical (unpaired) electrons. The standard InChI is InChI=1S/C10H13F2N3O4/c1-9(4-16)6(17)10(11,12)7(19-9)15-3-2-5(13)14-8(15)18/h2-3,6-7,16-17H,4H2,1H3,(H2,13,14,18). The Morgan fingerprint density at radius 2 is 2.26 bits per heavy atom. The topological polar surface area (TPSA) is 111 Å². The number of halogens is 2. The van der Waals surface area contributed by atoms with E-state index in [2.05, 4.69) is 4.98 Å². The first-order valence-electron chi connectivity index (χ1n) is 5.41. The fourth-order valence-corrected chi connectivity index (χ4v) is 1.91. The predicted molar refractivity (Wildman–Crippen MR) is 59.5 cm³/mol. The van der Waals surface area contributed by atoms with Crippen LogP contribution in [-0.2, 0) is 4.74 Å². The Kier molecular flexibility index (Phi) is 3.07. The quantitative estimate of drug-likeness (QED) is 0.646. The Morgan fingerprint density at radius 3 is 2.74 bits per heavy atom. The third-order valence-electron chi connectivity index (χ3n) is 3.07. The van der Waals surface area contributed by atoms with Crippen LogP contribution in [-0.4, -0.2) is 44.0 Å². The molecular weight excluding hydrogens is 264 g/mol. The fourth-order valence-electron chi connectivity index (χ4n) is 1.91. The zero-order valence-electron chi connectivity index (χ0n) is 9.96. The summed E-state index contributed by atoms with van der Waals surface area (Å²) >= 11 is 0. The third-order valence-corrected chi connectivity index (χ3v) is 3.07. The molecule has 1 aromatic heterocycles. The van der Waals surface area contributed by atoms with Crippen LogP contribution in [0.4, 0.5) is 14.6 Å². The van der Waals surface area contributed by atoms with Crippen molar-refractivity contribution in [3.63, 3.8) is 0 Å². The number of nitrogens with zero attached hydrogens (tertiary/aromatic N) is 2. The number of hydrogen-bond donors (Lipinski definition) is 3. The number of aliphatic hydroxyl groups excluding tert-OH is 2. The maximum atomic E-state index is 13.9. The van der Waals surface area contributed by atoms with Crippen molar-refractivity contribution < 1.29 is 23.7 Å². The van der Waals surface area contributed by atoms with Crippen molar-refractivity contribution >= 4 is 5.82 Å². The second kappa shape index (κ2) is 4.22. The van der Waals surface area contributed by atoms with Crippen molar-refractivity contribution in [3.05, 3.63) is 22.7 Å². The van der Waals surface area contributed by atoms with Crippen LogP contribution in [0.15, 0.2) is 17.1 Å². The molecular formula is C10H13F2N3O4. The molecule has 3 atom stereocenters. The SMILES string of the molecule is CC1(CO)OC(n2ccc(N)nc2=O)C(F)(F)C1O. The lowest BCUT2D eigenvalue weighted by molar-refractivity contribution is -0.143. The number of aromatic nitrogens is 2. The Labute approximate surface area is 106 Å². The molecule has 3 unspecified atom stereocenters. The lowest BCUT2D eigenvalue weighted by Crippen LogP contribution is -2.46. The number of nitrogen functional groups attached to an aromatic ring is 1. The summed E-state index contributed by atoms with van der Waals surface area (Å²) in [7, 11) is 0. The second-order valence-electron chi connectivity index (χ2n) is 4.56. The molecule has 1 fully saturated rings. The highest BCUT2D eigenvalue weighted by atomic mass is 19.3. The first-order chi connectivity index (χ1) is 8.72. The third kappa shape index (κ3) is 1.99. The first-order valence-corrected chi connectivity index (χ1v) is 5.41. The largest absolute Gasteiger partial charge is 0.393 e. The lowest BCUT2D eigenvalue weighted by Gasteiger charge is -2.24. The summed E-state index contributed by atoms with van der Waals surface area (Å²) in [6.45, 7) is 0.304. The van der Waals surface area contributed by atoms with E-state index in [1.807, 2.05) is 0 Å². The number of aliphatic hydroxyl groups is 2. The van der Waals surface area contributed by atoms with Gasteiger partial charge >= 0.3 is 11.6 Å². The number of ether oxygens (including phenoxy) is 1. The Hall–Kier alpha value is -1.58. The van der Waals surface area contributed by atoms with Crippen LogP contribution >= 0.6 is 0 Å². The van der Waals surface area contributed by atoms with Gasteiger partial charge in [0.1, 0.15) is 11.4 Å². The zero-order valence-corrected chi connectivity index (χ0v) is 9.96. The van der Waals surface area contributed by atoms with E-state index in [9.17, 15) is 18.7 Å². The van der Waals surface area contributed by atoms with Gasteiger partial charge in [0.05, 0.1) is 6.61 Å². The number of hydrogen-bond acceptors (Lipinski definition) is 6. The summed E-state index contributed by atoms with van der Waals surface area (Å²) < 4.78 is 33.4. The van der Waals surface area contributed by atoms with E-state index in [0.29, 0.717) is 4.57 Å². The molecule has 0 bridgehead atoms. The minimum atomic E-state index is -3.75. The highest BCUT2D eigenvalue weighted by Gasteiger charge is 2.64. The molecule has 19 heavy (non-hydrogen) atoms. The monoisotopic (exact) mass is 277 g/mol. The van der Waals surface area contributed by atoms with Crippen LogP contribution in [0.25, 0.3) is 0 Å². The van der Waals surface area contributed by atoms with Gasteiger partial charge < -0.3 is 20.7 Å². The lowest BCUT2D eigenvalue weighted by atomic mass is 9.98. The molecule has 2 heterocycles. The molecule has 106 valence electrons. The Balaban J connectivity index is 2.48. The summed E-state index contributed by atoms with van der Waals surface area (Å²) in [6, 6.07) is 1.15. The van der Waals surface area contributed by atoms with Crippen molar-refractivity contribution in [2.24, 2.45) is 0 Å². The molecule has 4 N–H and O–H groups in total. The predicted octanol–water partition coefficient (Wildman–Crippen LogP) is -0.899. The summed E-state index contributed by atoms with van der Waals surface area (Å²) in [4.78, 5) is 14.8. The Bertz CT molecular complexity index is 550. The molecule has 0 spiro atoms. The maximum absolute atomic E-state index is 13.9. The molecule has 7 nitrogen and oxygen atoms in total. The van der Waals surface area contributed by atoms with E-state index in [1.54, 1.807) is 0 Å². The van der Waals surface area contributed by atoms with Gasteiger partial charge in [-0.25, -0.2) is 4.79 Å². The van der Waals surface area contributed by atoms with Gasteiger partial charge in [0, 0.05) is 6.20 Å². The molecule has 1 aliphatic rings. The minimum absolute atomic E-state index is 0.118. The molecule has 1 saturated heterocycles. The average Bonchev–Trinajstić information content (AvgIpc) is 2.51. The summed E-state index contributed by atoms with van der Waals surface area (Å²) in [6.07, 6.45) is -3.31.